The molecular formula is C27H12F6I6O2. The highest BCUT2D eigenvalue weighted by atomic mass is 127. The van der Waals surface area contributed by atoms with Gasteiger partial charge in [-0.15, -0.1) is 26.3 Å². The summed E-state index contributed by atoms with van der Waals surface area (Å²) in [6.07, 6.45) is -8.86. The third-order valence-corrected chi connectivity index (χ3v) is 11.0. The van der Waals surface area contributed by atoms with Crippen LogP contribution in [-0.4, -0.2) is 12.7 Å². The lowest BCUT2D eigenvalue weighted by Gasteiger charge is -2.16. The molecule has 0 amide bonds. The Morgan fingerprint density at radius 3 is 1.05 bits per heavy atom. The Bertz CT molecular complexity index is 1460. The average molecular weight is 1240 g/mol. The van der Waals surface area contributed by atoms with Gasteiger partial charge in [0, 0.05) is 32.5 Å². The molecule has 0 aliphatic rings. The van der Waals surface area contributed by atoms with E-state index in [0.717, 1.165) is 40.5 Å². The lowest BCUT2D eigenvalue weighted by Crippen LogP contribution is -2.17. The van der Waals surface area contributed by atoms with Crippen LogP contribution in [0.3, 0.4) is 0 Å². The summed E-state index contributed by atoms with van der Waals surface area (Å²) in [6.45, 7) is 0. The molecule has 0 heterocycles. The van der Waals surface area contributed by atoms with Crippen LogP contribution >= 0.6 is 136 Å². The van der Waals surface area contributed by atoms with Crippen molar-refractivity contribution in [3.8, 4) is 33.8 Å². The predicted octanol–water partition coefficient (Wildman–Crippen LogP) is 12.0. The summed E-state index contributed by atoms with van der Waals surface area (Å²) in [5, 5.41) is 0. The zero-order valence-electron chi connectivity index (χ0n) is 19.8. The van der Waals surface area contributed by atoms with E-state index in [1.807, 2.05) is 127 Å². The molecule has 41 heavy (non-hydrogen) atoms. The minimum absolute atomic E-state index is 0.255. The van der Waals surface area contributed by atoms with Crippen LogP contribution in [0.2, 0.25) is 0 Å². The summed E-state index contributed by atoms with van der Waals surface area (Å²) < 4.78 is 88.8. The van der Waals surface area contributed by atoms with Crippen molar-refractivity contribution in [2.75, 3.05) is 0 Å². The Labute approximate surface area is 312 Å². The maximum absolute atomic E-state index is 12.7. The molecule has 0 saturated heterocycles. The first-order valence-corrected chi connectivity index (χ1v) is 17.5. The zero-order chi connectivity index (χ0) is 30.3. The fraction of sp³-hybridized carbons (Fsp3) is 0.111. The van der Waals surface area contributed by atoms with Crippen molar-refractivity contribution >= 4 is 136 Å². The normalized spacial score (nSPS) is 12.0. The monoisotopic (exact) mass is 1240 g/mol. The second kappa shape index (κ2) is 13.8. The minimum Gasteiger partial charge on any atom is -0.406 e. The van der Waals surface area contributed by atoms with E-state index in [0.29, 0.717) is 20.7 Å². The first kappa shape index (κ1) is 34.3. The van der Waals surface area contributed by atoms with Crippen molar-refractivity contribution < 1.29 is 35.8 Å². The minimum atomic E-state index is -4.76. The summed E-state index contributed by atoms with van der Waals surface area (Å²) >= 11 is 12.6. The van der Waals surface area contributed by atoms with Crippen molar-refractivity contribution in [3.05, 3.63) is 93.2 Å². The molecular weight excluding hydrogens is 1230 g/mol. The van der Waals surface area contributed by atoms with Crippen LogP contribution in [0.25, 0.3) is 22.3 Å². The summed E-state index contributed by atoms with van der Waals surface area (Å²) in [4.78, 5) is 0. The Hall–Kier alpha value is 0.440. The lowest BCUT2D eigenvalue weighted by atomic mass is 9.98. The highest BCUT2D eigenvalue weighted by molar-refractivity contribution is 14.1. The molecule has 4 rings (SSSR count). The van der Waals surface area contributed by atoms with Gasteiger partial charge in [-0.2, -0.15) is 0 Å². The Balaban J connectivity index is 1.58. The van der Waals surface area contributed by atoms with Gasteiger partial charge in [-0.25, -0.2) is 0 Å². The molecule has 0 N–H and O–H groups in total. The molecule has 4 aromatic carbocycles. The molecule has 14 heteroatoms. The van der Waals surface area contributed by atoms with Crippen LogP contribution in [0, 0.1) is 21.4 Å². The number of benzene rings is 4. The van der Waals surface area contributed by atoms with Gasteiger partial charge in [0.15, 0.2) is 0 Å². The molecule has 0 aromatic heterocycles. The number of alkyl halides is 6. The van der Waals surface area contributed by atoms with Gasteiger partial charge in [0.05, 0.1) is 0 Å². The Morgan fingerprint density at radius 2 is 0.780 bits per heavy atom. The predicted molar refractivity (Wildman–Crippen MR) is 196 cm³/mol. The molecule has 0 aliphatic carbocycles. The van der Waals surface area contributed by atoms with E-state index in [-0.39, 0.29) is 11.5 Å². The number of hydrogen-bond donors (Lipinski definition) is 0. The maximum Gasteiger partial charge on any atom is 0.573 e. The quantitative estimate of drug-likeness (QED) is 0.141. The number of halogens is 12. The van der Waals surface area contributed by atoms with Crippen molar-refractivity contribution in [2.45, 2.75) is 19.1 Å². The van der Waals surface area contributed by atoms with E-state index >= 15 is 0 Å². The zero-order valence-corrected chi connectivity index (χ0v) is 32.8. The fourth-order valence-corrected chi connectivity index (χ4v) is 10.0. The molecule has 216 valence electrons. The highest BCUT2D eigenvalue weighted by Gasteiger charge is 2.32. The SMILES string of the molecule is FC(F)(F)Oc1cc(I)c(-c2ccc(Cc3ccc(-c4c(I)cc(OC(F)(F)F)cc4I)cc3I)c(I)c2)c(I)c1. The van der Waals surface area contributed by atoms with E-state index in [2.05, 4.69) is 54.7 Å². The largest absolute Gasteiger partial charge is 0.573 e. The van der Waals surface area contributed by atoms with E-state index in [1.165, 1.54) is 24.3 Å². The molecule has 0 aliphatic heterocycles. The van der Waals surface area contributed by atoms with Gasteiger partial charge in [0.2, 0.25) is 0 Å². The number of rotatable bonds is 6. The summed E-state index contributed by atoms with van der Waals surface area (Å²) in [5.41, 5.74) is 5.61. The van der Waals surface area contributed by atoms with Crippen LogP contribution in [0.5, 0.6) is 11.5 Å². The molecule has 0 atom stereocenters. The summed E-state index contributed by atoms with van der Waals surface area (Å²) in [5.74, 6) is -0.510. The molecule has 0 bridgehead atoms. The van der Waals surface area contributed by atoms with Crippen LogP contribution < -0.4 is 9.47 Å². The van der Waals surface area contributed by atoms with E-state index < -0.39 is 12.7 Å². The van der Waals surface area contributed by atoms with Gasteiger partial charge >= 0.3 is 12.7 Å². The second-order valence-corrected chi connectivity index (χ2v) is 15.4. The lowest BCUT2D eigenvalue weighted by molar-refractivity contribution is -0.275. The van der Waals surface area contributed by atoms with E-state index in [1.54, 1.807) is 0 Å². The number of ether oxygens (including phenoxy) is 2. The molecule has 4 aromatic rings. The fourth-order valence-electron chi connectivity index (χ4n) is 3.93. The summed E-state index contributed by atoms with van der Waals surface area (Å²) in [6, 6.07) is 17.4. The van der Waals surface area contributed by atoms with E-state index in [4.69, 9.17) is 0 Å². The topological polar surface area (TPSA) is 18.5 Å². The Morgan fingerprint density at radius 1 is 0.463 bits per heavy atom. The van der Waals surface area contributed by atoms with Crippen LogP contribution in [-0.2, 0) is 6.42 Å². The van der Waals surface area contributed by atoms with Gasteiger partial charge in [0.25, 0.3) is 0 Å². The van der Waals surface area contributed by atoms with Crippen LogP contribution in [0.4, 0.5) is 26.3 Å². The first-order valence-electron chi connectivity index (χ1n) is 11.1. The van der Waals surface area contributed by atoms with Crippen molar-refractivity contribution in [1.82, 2.24) is 0 Å². The Kier molecular flexibility index (Phi) is 11.6. The van der Waals surface area contributed by atoms with Crippen LogP contribution in [0.1, 0.15) is 11.1 Å². The molecule has 0 fully saturated rings. The standard InChI is InChI=1S/C27H12F6I6O2/c28-26(29,30)40-16-8-20(36)24(21(37)9-16)14-3-1-12(18(34)6-14)5-13-2-4-15(7-19(13)35)25-22(38)10-17(11-23(25)39)41-27(31,32)33/h1-4,6-11H,5H2. The molecule has 2 nitrogen and oxygen atoms in total. The molecule has 0 unspecified atom stereocenters. The van der Waals surface area contributed by atoms with E-state index in [9.17, 15) is 26.3 Å². The summed E-state index contributed by atoms with van der Waals surface area (Å²) in [7, 11) is 0. The third kappa shape index (κ3) is 9.23. The first-order chi connectivity index (χ1) is 19.0. The maximum atomic E-state index is 12.7. The molecule has 0 spiro atoms. The van der Waals surface area contributed by atoms with Crippen molar-refractivity contribution in [1.29, 1.82) is 0 Å². The molecule has 0 radical (unpaired) electrons. The smallest absolute Gasteiger partial charge is 0.406 e. The average Bonchev–Trinajstić information content (AvgIpc) is 2.79. The van der Waals surface area contributed by atoms with Gasteiger partial charge < -0.3 is 9.47 Å². The van der Waals surface area contributed by atoms with Gasteiger partial charge in [-0.1, -0.05) is 24.3 Å². The van der Waals surface area contributed by atoms with Gasteiger partial charge in [0.1, 0.15) is 11.5 Å². The van der Waals surface area contributed by atoms with Crippen LogP contribution in [0.15, 0.2) is 60.7 Å². The van der Waals surface area contributed by atoms with Crippen molar-refractivity contribution in [2.24, 2.45) is 0 Å². The third-order valence-electron chi connectivity index (χ3n) is 5.56. The van der Waals surface area contributed by atoms with Crippen molar-refractivity contribution in [3.63, 3.8) is 0 Å². The second-order valence-electron chi connectivity index (χ2n) is 8.41. The van der Waals surface area contributed by atoms with Gasteiger partial charge in [-0.05, 0) is 201 Å². The highest BCUT2D eigenvalue weighted by Crippen LogP contribution is 2.39. The van der Waals surface area contributed by atoms with Gasteiger partial charge in [-0.3, -0.25) is 0 Å². The number of hydrogen-bond acceptors (Lipinski definition) is 2. The molecule has 0 saturated carbocycles.